The van der Waals surface area contributed by atoms with Gasteiger partial charge in [0.05, 0.1) is 18.8 Å². The molecule has 6 heteroatoms. The van der Waals surface area contributed by atoms with Crippen LogP contribution in [-0.2, 0) is 9.53 Å². The first kappa shape index (κ1) is 20.6. The Morgan fingerprint density at radius 1 is 1.00 bits per heavy atom. The number of carbonyl (C=O) groups excluding carboxylic acids is 2. The van der Waals surface area contributed by atoms with Crippen molar-refractivity contribution in [3.05, 3.63) is 29.8 Å². The van der Waals surface area contributed by atoms with E-state index in [1.165, 1.54) is 6.42 Å². The number of nitrogens with zero attached hydrogens (tertiary/aromatic N) is 2. The lowest BCUT2D eigenvalue weighted by Gasteiger charge is -2.39. The molecule has 1 N–H and O–H groups in total. The van der Waals surface area contributed by atoms with Gasteiger partial charge in [0.1, 0.15) is 0 Å². The zero-order valence-corrected chi connectivity index (χ0v) is 17.5. The second kappa shape index (κ2) is 8.95. The van der Waals surface area contributed by atoms with E-state index >= 15 is 0 Å². The minimum Gasteiger partial charge on any atom is -0.376 e. The van der Waals surface area contributed by atoms with Crippen LogP contribution in [0, 0.1) is 0 Å². The Morgan fingerprint density at radius 3 is 2.14 bits per heavy atom. The zero-order valence-electron chi connectivity index (χ0n) is 17.5. The molecule has 0 radical (unpaired) electrons. The number of nitrogens with one attached hydrogen (secondary N) is 1. The third-order valence-corrected chi connectivity index (χ3v) is 5.76. The van der Waals surface area contributed by atoms with Gasteiger partial charge in [0.2, 0.25) is 5.91 Å². The Kier molecular flexibility index (Phi) is 6.60. The SMILES string of the molecule is CC1CN(C(=O)c2ccc(NCC(=O)N3C(C)CCCC3C)cc2)CC(C)O1. The molecule has 2 heterocycles. The van der Waals surface area contributed by atoms with Gasteiger partial charge in [0, 0.05) is 36.4 Å². The number of ether oxygens (including phenoxy) is 1. The highest BCUT2D eigenvalue weighted by Crippen LogP contribution is 2.23. The van der Waals surface area contributed by atoms with Crippen LogP contribution in [0.4, 0.5) is 5.69 Å². The van der Waals surface area contributed by atoms with Gasteiger partial charge in [-0.2, -0.15) is 0 Å². The van der Waals surface area contributed by atoms with Crippen molar-refractivity contribution in [2.24, 2.45) is 0 Å². The number of piperidine rings is 1. The number of rotatable bonds is 4. The summed E-state index contributed by atoms with van der Waals surface area (Å²) in [6.07, 6.45) is 3.45. The molecular weight excluding hydrogens is 354 g/mol. The maximum Gasteiger partial charge on any atom is 0.254 e. The van der Waals surface area contributed by atoms with Crippen LogP contribution >= 0.6 is 0 Å². The van der Waals surface area contributed by atoms with Crippen LogP contribution < -0.4 is 5.32 Å². The Bertz CT molecular complexity index is 671. The smallest absolute Gasteiger partial charge is 0.254 e. The molecule has 28 heavy (non-hydrogen) atoms. The quantitative estimate of drug-likeness (QED) is 0.862. The summed E-state index contributed by atoms with van der Waals surface area (Å²) in [5.74, 6) is 0.164. The Labute approximate surface area is 168 Å². The molecule has 1 aromatic carbocycles. The summed E-state index contributed by atoms with van der Waals surface area (Å²) in [6, 6.07) is 8.00. The number of anilines is 1. The van der Waals surface area contributed by atoms with E-state index in [1.54, 1.807) is 0 Å². The normalized spacial score (nSPS) is 28.1. The van der Waals surface area contributed by atoms with Crippen LogP contribution in [-0.4, -0.2) is 65.5 Å². The molecule has 154 valence electrons. The second-order valence-electron chi connectivity index (χ2n) is 8.33. The lowest BCUT2D eigenvalue weighted by atomic mass is 9.97. The molecule has 6 nitrogen and oxygen atoms in total. The molecule has 0 aromatic heterocycles. The fourth-order valence-corrected chi connectivity index (χ4v) is 4.44. The Balaban J connectivity index is 1.55. The molecule has 0 aliphatic carbocycles. The van der Waals surface area contributed by atoms with Crippen molar-refractivity contribution in [2.45, 2.75) is 71.2 Å². The van der Waals surface area contributed by atoms with Gasteiger partial charge in [-0.3, -0.25) is 9.59 Å². The Hall–Kier alpha value is -2.08. The number of morpholine rings is 1. The first-order valence-corrected chi connectivity index (χ1v) is 10.4. The maximum atomic E-state index is 12.7. The largest absolute Gasteiger partial charge is 0.376 e. The molecule has 0 spiro atoms. The molecule has 2 saturated heterocycles. The van der Waals surface area contributed by atoms with E-state index in [0.717, 1.165) is 18.5 Å². The van der Waals surface area contributed by atoms with Crippen LogP contribution in [0.3, 0.4) is 0 Å². The molecule has 4 unspecified atom stereocenters. The van der Waals surface area contributed by atoms with Crippen molar-refractivity contribution >= 4 is 17.5 Å². The van der Waals surface area contributed by atoms with E-state index in [0.29, 0.717) is 30.7 Å². The molecular formula is C22H33N3O3. The highest BCUT2D eigenvalue weighted by molar-refractivity contribution is 5.94. The van der Waals surface area contributed by atoms with E-state index in [9.17, 15) is 9.59 Å². The average molecular weight is 388 g/mol. The third kappa shape index (κ3) is 4.85. The summed E-state index contributed by atoms with van der Waals surface area (Å²) >= 11 is 0. The second-order valence-corrected chi connectivity index (χ2v) is 8.33. The van der Waals surface area contributed by atoms with E-state index in [2.05, 4.69) is 19.2 Å². The predicted octanol–water partition coefficient (Wildman–Crippen LogP) is 3.14. The van der Waals surface area contributed by atoms with Gasteiger partial charge in [0.25, 0.3) is 5.91 Å². The van der Waals surface area contributed by atoms with Gasteiger partial charge in [-0.1, -0.05) is 0 Å². The molecule has 2 aliphatic heterocycles. The number of hydrogen-bond donors (Lipinski definition) is 1. The van der Waals surface area contributed by atoms with Crippen LogP contribution in [0.25, 0.3) is 0 Å². The fraction of sp³-hybridized carbons (Fsp3) is 0.636. The van der Waals surface area contributed by atoms with Gasteiger partial charge in [-0.25, -0.2) is 0 Å². The van der Waals surface area contributed by atoms with Crippen LogP contribution in [0.15, 0.2) is 24.3 Å². The van der Waals surface area contributed by atoms with E-state index in [1.807, 2.05) is 47.9 Å². The first-order valence-electron chi connectivity index (χ1n) is 10.4. The minimum absolute atomic E-state index is 0.0283. The van der Waals surface area contributed by atoms with E-state index in [4.69, 9.17) is 4.74 Å². The van der Waals surface area contributed by atoms with Crippen LogP contribution in [0.2, 0.25) is 0 Å². The summed E-state index contributed by atoms with van der Waals surface area (Å²) < 4.78 is 5.70. The lowest BCUT2D eigenvalue weighted by molar-refractivity contribution is -0.135. The molecule has 0 saturated carbocycles. The van der Waals surface area contributed by atoms with Gasteiger partial charge in [-0.05, 0) is 71.2 Å². The predicted molar refractivity (Wildman–Crippen MR) is 110 cm³/mol. The summed E-state index contributed by atoms with van der Waals surface area (Å²) in [6.45, 7) is 9.74. The van der Waals surface area contributed by atoms with Gasteiger partial charge in [0.15, 0.2) is 0 Å². The molecule has 2 aliphatic rings. The molecule has 3 rings (SSSR count). The first-order chi connectivity index (χ1) is 13.3. The summed E-state index contributed by atoms with van der Waals surface area (Å²) in [5, 5.41) is 3.21. The van der Waals surface area contributed by atoms with E-state index in [-0.39, 0.29) is 30.6 Å². The number of carbonyl (C=O) groups is 2. The molecule has 1 aromatic rings. The number of benzene rings is 1. The van der Waals surface area contributed by atoms with Crippen molar-refractivity contribution in [3.63, 3.8) is 0 Å². The Morgan fingerprint density at radius 2 is 1.57 bits per heavy atom. The number of likely N-dealkylation sites (tertiary alicyclic amines) is 1. The maximum absolute atomic E-state index is 12.7. The molecule has 2 fully saturated rings. The molecule has 4 atom stereocenters. The molecule has 0 bridgehead atoms. The monoisotopic (exact) mass is 387 g/mol. The van der Waals surface area contributed by atoms with Gasteiger partial charge < -0.3 is 19.9 Å². The zero-order chi connectivity index (χ0) is 20.3. The van der Waals surface area contributed by atoms with Gasteiger partial charge in [-0.15, -0.1) is 0 Å². The third-order valence-electron chi connectivity index (χ3n) is 5.76. The van der Waals surface area contributed by atoms with Crippen LogP contribution in [0.5, 0.6) is 0 Å². The highest BCUT2D eigenvalue weighted by Gasteiger charge is 2.29. The topological polar surface area (TPSA) is 61.9 Å². The summed E-state index contributed by atoms with van der Waals surface area (Å²) in [7, 11) is 0. The summed E-state index contributed by atoms with van der Waals surface area (Å²) in [4.78, 5) is 29.2. The number of hydrogen-bond acceptors (Lipinski definition) is 4. The van der Waals surface area contributed by atoms with Crippen molar-refractivity contribution in [3.8, 4) is 0 Å². The highest BCUT2D eigenvalue weighted by atomic mass is 16.5. The van der Waals surface area contributed by atoms with Crippen molar-refractivity contribution < 1.29 is 14.3 Å². The number of amides is 2. The fourth-order valence-electron chi connectivity index (χ4n) is 4.44. The standard InChI is InChI=1S/C22H33N3O3/c1-15-6-5-7-16(2)25(15)21(26)12-23-20-10-8-19(9-11-20)22(27)24-13-17(3)28-18(4)14-24/h8-11,15-18,23H,5-7,12-14H2,1-4H3. The van der Waals surface area contributed by atoms with E-state index < -0.39 is 0 Å². The average Bonchev–Trinajstić information content (AvgIpc) is 2.65. The van der Waals surface area contributed by atoms with Crippen molar-refractivity contribution in [1.29, 1.82) is 0 Å². The van der Waals surface area contributed by atoms with Crippen molar-refractivity contribution in [1.82, 2.24) is 9.80 Å². The van der Waals surface area contributed by atoms with Crippen molar-refractivity contribution in [2.75, 3.05) is 25.0 Å². The van der Waals surface area contributed by atoms with Crippen LogP contribution in [0.1, 0.15) is 57.3 Å². The summed E-state index contributed by atoms with van der Waals surface area (Å²) in [5.41, 5.74) is 1.52. The molecule has 2 amide bonds. The minimum atomic E-state index is 0.0283. The van der Waals surface area contributed by atoms with Gasteiger partial charge >= 0.3 is 0 Å². The lowest BCUT2D eigenvalue weighted by Crippen LogP contribution is -2.49.